The summed E-state index contributed by atoms with van der Waals surface area (Å²) in [5.74, 6) is -0.177. The molecule has 1 N–H and O–H groups in total. The fourth-order valence-corrected chi connectivity index (χ4v) is 2.40. The number of carbonyl (C=O) groups excluding carboxylic acids is 2. The summed E-state index contributed by atoms with van der Waals surface area (Å²) in [4.78, 5) is 26.0. The lowest BCUT2D eigenvalue weighted by atomic mass is 10.2. The van der Waals surface area contributed by atoms with Crippen LogP contribution in [0.2, 0.25) is 0 Å². The van der Waals surface area contributed by atoms with Gasteiger partial charge in [-0.15, -0.1) is 0 Å². The molecule has 1 aromatic carbocycles. The summed E-state index contributed by atoms with van der Waals surface area (Å²) < 4.78 is 0. The molecule has 2 rings (SSSR count). The molecule has 4 heteroatoms. The van der Waals surface area contributed by atoms with E-state index in [1.54, 1.807) is 30.1 Å². The lowest BCUT2D eigenvalue weighted by molar-refractivity contribution is -0.128. The van der Waals surface area contributed by atoms with Crippen molar-refractivity contribution in [3.05, 3.63) is 53.6 Å². The SMILES string of the molecule is C/C=C(\C)C(=O)N[C@@H]1CCCN1C(=O)/C=C/c1ccccc1. The molecule has 1 fully saturated rings. The Kier molecular flexibility index (Phi) is 5.53. The molecular weight excluding hydrogens is 276 g/mol. The summed E-state index contributed by atoms with van der Waals surface area (Å²) in [5, 5.41) is 2.92. The van der Waals surface area contributed by atoms with Gasteiger partial charge in [-0.3, -0.25) is 9.59 Å². The molecule has 2 amide bonds. The third kappa shape index (κ3) is 4.07. The van der Waals surface area contributed by atoms with Crippen LogP contribution in [0.15, 0.2) is 48.1 Å². The standard InChI is InChI=1S/C18H22N2O2/c1-3-14(2)18(22)19-16-10-7-13-20(16)17(21)12-11-15-8-5-4-6-9-15/h3-6,8-9,11-12,16H,7,10,13H2,1-2H3,(H,19,22)/b12-11+,14-3+/t16-/m0/s1. The average molecular weight is 298 g/mol. The summed E-state index contributed by atoms with van der Waals surface area (Å²) in [6.45, 7) is 4.28. The van der Waals surface area contributed by atoms with Crippen LogP contribution in [0.3, 0.4) is 0 Å². The monoisotopic (exact) mass is 298 g/mol. The molecule has 1 aliphatic rings. The molecule has 0 radical (unpaired) electrons. The lowest BCUT2D eigenvalue weighted by Gasteiger charge is -2.24. The number of nitrogens with one attached hydrogen (secondary N) is 1. The molecule has 1 saturated heterocycles. The Labute approximate surface area is 131 Å². The zero-order valence-electron chi connectivity index (χ0n) is 13.1. The number of hydrogen-bond acceptors (Lipinski definition) is 2. The predicted molar refractivity (Wildman–Crippen MR) is 87.8 cm³/mol. The Hall–Kier alpha value is -2.36. The first-order chi connectivity index (χ1) is 10.6. The number of rotatable bonds is 4. The quantitative estimate of drug-likeness (QED) is 0.869. The Morgan fingerprint density at radius 3 is 2.68 bits per heavy atom. The molecular formula is C18H22N2O2. The van der Waals surface area contributed by atoms with Crippen LogP contribution in [-0.2, 0) is 9.59 Å². The third-order valence-electron chi connectivity index (χ3n) is 3.84. The van der Waals surface area contributed by atoms with Crippen LogP contribution >= 0.6 is 0 Å². The van der Waals surface area contributed by atoms with Crippen LogP contribution < -0.4 is 5.32 Å². The third-order valence-corrected chi connectivity index (χ3v) is 3.84. The van der Waals surface area contributed by atoms with Crippen LogP contribution in [0.4, 0.5) is 0 Å². The van der Waals surface area contributed by atoms with Crippen molar-refractivity contribution in [2.75, 3.05) is 6.54 Å². The van der Waals surface area contributed by atoms with Gasteiger partial charge in [-0.2, -0.15) is 0 Å². The number of nitrogens with zero attached hydrogens (tertiary/aromatic N) is 1. The van der Waals surface area contributed by atoms with Crippen molar-refractivity contribution in [2.24, 2.45) is 0 Å². The second-order valence-corrected chi connectivity index (χ2v) is 5.38. The molecule has 1 heterocycles. The van der Waals surface area contributed by atoms with Gasteiger partial charge in [-0.1, -0.05) is 36.4 Å². The van der Waals surface area contributed by atoms with Crippen molar-refractivity contribution in [1.29, 1.82) is 0 Å². The molecule has 0 bridgehead atoms. The number of allylic oxidation sites excluding steroid dienone is 1. The Bertz CT molecular complexity index is 590. The maximum absolute atomic E-state index is 12.3. The van der Waals surface area contributed by atoms with E-state index in [9.17, 15) is 9.59 Å². The van der Waals surface area contributed by atoms with Gasteiger partial charge in [0.05, 0.1) is 0 Å². The Balaban J connectivity index is 1.99. The molecule has 116 valence electrons. The molecule has 0 aliphatic carbocycles. The average Bonchev–Trinajstić information content (AvgIpc) is 3.00. The summed E-state index contributed by atoms with van der Waals surface area (Å²) in [6, 6.07) is 9.70. The van der Waals surface area contributed by atoms with Gasteiger partial charge in [0, 0.05) is 18.2 Å². The number of carbonyl (C=O) groups is 2. The topological polar surface area (TPSA) is 49.4 Å². The van der Waals surface area contributed by atoms with E-state index in [1.165, 1.54) is 0 Å². The molecule has 0 unspecified atom stereocenters. The van der Waals surface area contributed by atoms with E-state index in [2.05, 4.69) is 5.32 Å². The fraction of sp³-hybridized carbons (Fsp3) is 0.333. The molecule has 0 saturated carbocycles. The highest BCUT2D eigenvalue weighted by Crippen LogP contribution is 2.16. The minimum Gasteiger partial charge on any atom is -0.332 e. The van der Waals surface area contributed by atoms with Gasteiger partial charge in [0.25, 0.3) is 0 Å². The molecule has 0 spiro atoms. The van der Waals surface area contributed by atoms with Crippen LogP contribution in [-0.4, -0.2) is 29.4 Å². The summed E-state index contributed by atoms with van der Waals surface area (Å²) in [7, 11) is 0. The maximum Gasteiger partial charge on any atom is 0.248 e. The van der Waals surface area contributed by atoms with Crippen LogP contribution in [0.25, 0.3) is 6.08 Å². The first-order valence-electron chi connectivity index (χ1n) is 7.59. The molecule has 4 nitrogen and oxygen atoms in total. The number of hydrogen-bond donors (Lipinski definition) is 1. The smallest absolute Gasteiger partial charge is 0.248 e. The van der Waals surface area contributed by atoms with E-state index < -0.39 is 0 Å². The maximum atomic E-state index is 12.3. The molecule has 0 aromatic heterocycles. The summed E-state index contributed by atoms with van der Waals surface area (Å²) >= 11 is 0. The molecule has 1 aromatic rings. The van der Waals surface area contributed by atoms with Crippen LogP contribution in [0, 0.1) is 0 Å². The van der Waals surface area contributed by atoms with Gasteiger partial charge in [0.1, 0.15) is 6.17 Å². The van der Waals surface area contributed by atoms with Crippen LogP contribution in [0.5, 0.6) is 0 Å². The minimum atomic E-state index is -0.213. The largest absolute Gasteiger partial charge is 0.332 e. The Morgan fingerprint density at radius 1 is 1.27 bits per heavy atom. The zero-order chi connectivity index (χ0) is 15.9. The number of likely N-dealkylation sites (tertiary alicyclic amines) is 1. The van der Waals surface area contributed by atoms with E-state index in [1.807, 2.05) is 37.3 Å². The van der Waals surface area contributed by atoms with Gasteiger partial charge in [0.2, 0.25) is 11.8 Å². The first kappa shape index (κ1) is 16.0. The van der Waals surface area contributed by atoms with Gasteiger partial charge >= 0.3 is 0 Å². The highest BCUT2D eigenvalue weighted by Gasteiger charge is 2.28. The van der Waals surface area contributed by atoms with Gasteiger partial charge in [-0.05, 0) is 38.3 Å². The van der Waals surface area contributed by atoms with E-state index in [0.29, 0.717) is 12.1 Å². The highest BCUT2D eigenvalue weighted by molar-refractivity contribution is 5.95. The second kappa shape index (κ2) is 7.59. The number of amides is 2. The van der Waals surface area contributed by atoms with Crippen molar-refractivity contribution < 1.29 is 9.59 Å². The summed E-state index contributed by atoms with van der Waals surface area (Å²) in [5.41, 5.74) is 1.65. The second-order valence-electron chi connectivity index (χ2n) is 5.38. The van der Waals surface area contributed by atoms with Crippen molar-refractivity contribution in [1.82, 2.24) is 10.2 Å². The van der Waals surface area contributed by atoms with Crippen molar-refractivity contribution in [3.63, 3.8) is 0 Å². The summed E-state index contributed by atoms with van der Waals surface area (Å²) in [6.07, 6.45) is 6.64. The van der Waals surface area contributed by atoms with Gasteiger partial charge < -0.3 is 10.2 Å². The molecule has 1 aliphatic heterocycles. The van der Waals surface area contributed by atoms with Crippen LogP contribution in [0.1, 0.15) is 32.3 Å². The fourth-order valence-electron chi connectivity index (χ4n) is 2.40. The van der Waals surface area contributed by atoms with Gasteiger partial charge in [-0.25, -0.2) is 0 Å². The first-order valence-corrected chi connectivity index (χ1v) is 7.59. The van der Waals surface area contributed by atoms with Crippen molar-refractivity contribution >= 4 is 17.9 Å². The molecule has 1 atom stereocenters. The van der Waals surface area contributed by atoms with Crippen molar-refractivity contribution in [3.8, 4) is 0 Å². The predicted octanol–water partition coefficient (Wildman–Crippen LogP) is 2.73. The van der Waals surface area contributed by atoms with E-state index in [0.717, 1.165) is 18.4 Å². The normalized spacial score (nSPS) is 18.7. The van der Waals surface area contributed by atoms with E-state index in [4.69, 9.17) is 0 Å². The highest BCUT2D eigenvalue weighted by atomic mass is 16.2. The molecule has 22 heavy (non-hydrogen) atoms. The van der Waals surface area contributed by atoms with Crippen molar-refractivity contribution in [2.45, 2.75) is 32.9 Å². The minimum absolute atomic E-state index is 0.0650. The Morgan fingerprint density at radius 2 is 2.00 bits per heavy atom. The van der Waals surface area contributed by atoms with Gasteiger partial charge in [0.15, 0.2) is 0 Å². The number of benzene rings is 1. The zero-order valence-corrected chi connectivity index (χ0v) is 13.1. The van der Waals surface area contributed by atoms with E-state index >= 15 is 0 Å². The lowest BCUT2D eigenvalue weighted by Crippen LogP contribution is -2.46. The van der Waals surface area contributed by atoms with E-state index in [-0.39, 0.29) is 18.0 Å².